The molecular weight excluding hydrogens is 978 g/mol. The monoisotopic (exact) mass is 1040 g/mol. The molecule has 0 unspecified atom stereocenters. The number of nitrogens with one attached hydrogen (secondary N) is 4. The van der Waals surface area contributed by atoms with E-state index in [2.05, 4.69) is 59.8 Å². The average Bonchev–Trinajstić information content (AvgIpc) is 4.11. The fraction of sp³-hybridized carbons (Fsp3) is 0.305. The number of amides is 3. The Morgan fingerprint density at radius 1 is 0.855 bits per heavy atom. The highest BCUT2D eigenvalue weighted by atomic mass is 35.5. The van der Waals surface area contributed by atoms with Gasteiger partial charge in [0.05, 0.1) is 46.8 Å². The van der Waals surface area contributed by atoms with Gasteiger partial charge < -0.3 is 35.5 Å². The number of aromatic amines is 1. The van der Waals surface area contributed by atoms with Crippen LogP contribution in [0.25, 0.3) is 55.4 Å². The van der Waals surface area contributed by atoms with E-state index in [4.69, 9.17) is 16.6 Å². The third-order valence-electron chi connectivity index (χ3n) is 14.8. The molecular formula is C59H62ClN11O5. The van der Waals surface area contributed by atoms with Gasteiger partial charge in [-0.2, -0.15) is 5.10 Å². The number of carbonyl (C=O) groups excluding carboxylic acids is 3. The number of H-pyrrole nitrogens is 1. The third kappa shape index (κ3) is 11.3. The lowest BCUT2D eigenvalue weighted by molar-refractivity contribution is -0.136. The van der Waals surface area contributed by atoms with Crippen LogP contribution in [0.15, 0.2) is 127 Å². The van der Waals surface area contributed by atoms with E-state index in [0.29, 0.717) is 73.5 Å². The normalized spacial score (nSPS) is 13.9. The molecule has 4 aromatic heterocycles. The highest BCUT2D eigenvalue weighted by Crippen LogP contribution is 2.34. The van der Waals surface area contributed by atoms with Gasteiger partial charge in [-0.05, 0) is 96.3 Å². The molecule has 76 heavy (non-hydrogen) atoms. The Kier molecular flexibility index (Phi) is 15.0. The SMILES string of the molecule is Cc1ccc(CCc2nc3cc(-c4ccc5c(ccn5C)c4)c(Cl)cc3[nH]2)cc1C(=O)NCCNC(=O)CNCc1ccc(-c2c3ncn(CC4(O)CCN(C(=O)C[C@@H](C)c5ccccc5)CC4)c(=O)c3nn2C)cc1. The van der Waals surface area contributed by atoms with Crippen LogP contribution >= 0.6 is 11.6 Å². The van der Waals surface area contributed by atoms with Gasteiger partial charge in [0.25, 0.3) is 11.5 Å². The number of likely N-dealkylation sites (tertiary alicyclic amines) is 1. The lowest BCUT2D eigenvalue weighted by Gasteiger charge is -2.38. The molecule has 1 atom stereocenters. The number of carbonyl (C=O) groups is 3. The Bertz CT molecular complexity index is 3670. The first-order valence-corrected chi connectivity index (χ1v) is 26.2. The van der Waals surface area contributed by atoms with E-state index >= 15 is 0 Å². The van der Waals surface area contributed by atoms with Crippen molar-refractivity contribution in [2.45, 2.75) is 70.6 Å². The minimum absolute atomic E-state index is 0.0508. The highest BCUT2D eigenvalue weighted by Gasteiger charge is 2.35. The summed E-state index contributed by atoms with van der Waals surface area (Å²) in [6.45, 7) is 5.89. The molecule has 1 saturated heterocycles. The fourth-order valence-electron chi connectivity index (χ4n) is 10.3. The molecule has 0 bridgehead atoms. The topological polar surface area (TPSA) is 197 Å². The van der Waals surface area contributed by atoms with Gasteiger partial charge in [-0.3, -0.25) is 28.4 Å². The number of imidazole rings is 1. The number of fused-ring (bicyclic) bond motifs is 3. The quantitative estimate of drug-likeness (QED) is 0.0534. The Labute approximate surface area is 445 Å². The van der Waals surface area contributed by atoms with Crippen molar-refractivity contribution in [3.63, 3.8) is 0 Å². The zero-order chi connectivity index (χ0) is 53.1. The van der Waals surface area contributed by atoms with Crippen LogP contribution in [-0.4, -0.2) is 99.9 Å². The van der Waals surface area contributed by atoms with Gasteiger partial charge in [0.2, 0.25) is 11.8 Å². The molecule has 0 radical (unpaired) electrons. The van der Waals surface area contributed by atoms with Crippen LogP contribution in [0.5, 0.6) is 0 Å². The summed E-state index contributed by atoms with van der Waals surface area (Å²) in [5, 5.41) is 26.9. The second kappa shape index (κ2) is 22.1. The van der Waals surface area contributed by atoms with Crippen molar-refractivity contribution in [2.75, 3.05) is 32.7 Å². The molecule has 10 rings (SSSR count). The molecule has 390 valence electrons. The molecule has 1 fully saturated rings. The maximum atomic E-state index is 13.7. The van der Waals surface area contributed by atoms with Crippen molar-refractivity contribution in [1.82, 2.24) is 54.7 Å². The number of rotatable bonds is 18. The van der Waals surface area contributed by atoms with Crippen molar-refractivity contribution >= 4 is 62.3 Å². The van der Waals surface area contributed by atoms with Crippen LogP contribution in [-0.2, 0) is 49.6 Å². The van der Waals surface area contributed by atoms with E-state index in [-0.39, 0.29) is 60.9 Å². The summed E-state index contributed by atoms with van der Waals surface area (Å²) in [4.78, 5) is 67.6. The summed E-state index contributed by atoms with van der Waals surface area (Å²) < 4.78 is 5.15. The standard InChI is InChI=1S/C59H62ClN11O5/c1-37-10-11-39(14-19-51-65-48-31-46(47(60)32-49(48)66-51)43-17-18-50-44(30-43)20-25-68(50)3)29-45(37)57(74)63-24-23-62-52(72)34-61-33-40-12-15-42(16-13-40)56-54-55(67-69(56)4)58(75)71(36-64-54)35-59(76)21-26-70(27-22-59)53(73)28-38(2)41-8-6-5-7-9-41/h5-13,15-18,20,25,29-32,36,38,61,76H,14,19,21-24,26-28,33-35H2,1-4H3,(H,62,72)(H,63,74)(H,65,66)/t38-/m1/s1. The van der Waals surface area contributed by atoms with E-state index in [1.54, 1.807) is 11.7 Å². The molecule has 1 aliphatic heterocycles. The summed E-state index contributed by atoms with van der Waals surface area (Å²) in [5.74, 6) is 0.584. The van der Waals surface area contributed by atoms with Crippen LogP contribution in [0.4, 0.5) is 0 Å². The number of aryl methyl sites for hydroxylation is 5. The van der Waals surface area contributed by atoms with Crippen molar-refractivity contribution in [1.29, 1.82) is 0 Å². The predicted molar refractivity (Wildman–Crippen MR) is 297 cm³/mol. The van der Waals surface area contributed by atoms with Crippen LogP contribution in [0.1, 0.15) is 70.5 Å². The summed E-state index contributed by atoms with van der Waals surface area (Å²) in [6.07, 6.45) is 5.93. The van der Waals surface area contributed by atoms with Crippen molar-refractivity contribution < 1.29 is 19.5 Å². The molecule has 17 heteroatoms. The van der Waals surface area contributed by atoms with Crippen molar-refractivity contribution in [3.8, 4) is 22.4 Å². The van der Waals surface area contributed by atoms with Gasteiger partial charge in [-0.15, -0.1) is 0 Å². The van der Waals surface area contributed by atoms with Gasteiger partial charge in [0, 0.05) is 93.5 Å². The Morgan fingerprint density at radius 3 is 2.39 bits per heavy atom. The molecule has 0 aliphatic carbocycles. The van der Waals surface area contributed by atoms with E-state index in [0.717, 1.165) is 66.7 Å². The predicted octanol–water partition coefficient (Wildman–Crippen LogP) is 7.76. The second-order valence-corrected chi connectivity index (χ2v) is 20.7. The fourth-order valence-corrected chi connectivity index (χ4v) is 10.6. The van der Waals surface area contributed by atoms with E-state index in [1.165, 1.54) is 10.9 Å². The minimum atomic E-state index is -1.17. The average molecular weight is 1040 g/mol. The van der Waals surface area contributed by atoms with Crippen LogP contribution in [0, 0.1) is 6.92 Å². The zero-order valence-corrected chi connectivity index (χ0v) is 44.0. The zero-order valence-electron chi connectivity index (χ0n) is 43.2. The van der Waals surface area contributed by atoms with E-state index in [1.807, 2.05) is 117 Å². The molecule has 3 amide bonds. The third-order valence-corrected chi connectivity index (χ3v) is 15.1. The molecule has 5 N–H and O–H groups in total. The molecule has 0 spiro atoms. The molecule has 1 aliphatic rings. The van der Waals surface area contributed by atoms with Crippen LogP contribution < -0.4 is 21.5 Å². The van der Waals surface area contributed by atoms with Crippen molar-refractivity contribution in [2.24, 2.45) is 14.1 Å². The number of hydrogen-bond donors (Lipinski definition) is 5. The van der Waals surface area contributed by atoms with Gasteiger partial charge in [0.1, 0.15) is 11.3 Å². The van der Waals surface area contributed by atoms with Crippen molar-refractivity contribution in [3.05, 3.63) is 171 Å². The number of benzene rings is 5. The number of hydrogen-bond acceptors (Lipinski definition) is 9. The van der Waals surface area contributed by atoms with E-state index < -0.39 is 5.60 Å². The van der Waals surface area contributed by atoms with Crippen LogP contribution in [0.2, 0.25) is 5.02 Å². The number of aromatic nitrogens is 7. The Hall–Kier alpha value is -7.92. The first-order chi connectivity index (χ1) is 36.7. The summed E-state index contributed by atoms with van der Waals surface area (Å²) in [6, 6.07) is 36.0. The number of piperidine rings is 1. The number of nitrogens with zero attached hydrogens (tertiary/aromatic N) is 7. The van der Waals surface area contributed by atoms with Gasteiger partial charge in [-0.25, -0.2) is 9.97 Å². The largest absolute Gasteiger partial charge is 0.388 e. The summed E-state index contributed by atoms with van der Waals surface area (Å²) >= 11 is 6.78. The Morgan fingerprint density at radius 2 is 1.61 bits per heavy atom. The van der Waals surface area contributed by atoms with Gasteiger partial charge in [-0.1, -0.05) is 91.3 Å². The number of halogens is 1. The molecule has 9 aromatic rings. The smallest absolute Gasteiger partial charge is 0.281 e. The lowest BCUT2D eigenvalue weighted by atomic mass is 9.90. The maximum absolute atomic E-state index is 13.7. The molecule has 5 heterocycles. The first-order valence-electron chi connectivity index (χ1n) is 25.8. The van der Waals surface area contributed by atoms with Gasteiger partial charge in [0.15, 0.2) is 5.52 Å². The number of aliphatic hydroxyl groups is 1. The molecule has 5 aromatic carbocycles. The maximum Gasteiger partial charge on any atom is 0.281 e. The summed E-state index contributed by atoms with van der Waals surface area (Å²) in [7, 11) is 3.80. The van der Waals surface area contributed by atoms with Crippen LogP contribution in [0.3, 0.4) is 0 Å². The highest BCUT2D eigenvalue weighted by molar-refractivity contribution is 6.34. The van der Waals surface area contributed by atoms with E-state index in [9.17, 15) is 24.3 Å². The van der Waals surface area contributed by atoms with Gasteiger partial charge >= 0.3 is 0 Å². The second-order valence-electron chi connectivity index (χ2n) is 20.3. The molecule has 16 nitrogen and oxygen atoms in total. The summed E-state index contributed by atoms with van der Waals surface area (Å²) in [5.41, 5.74) is 10.0. The first kappa shape index (κ1) is 51.6. The molecule has 0 saturated carbocycles. The Balaban J connectivity index is 0.656. The minimum Gasteiger partial charge on any atom is -0.388 e. The lowest BCUT2D eigenvalue weighted by Crippen LogP contribution is -2.49.